The second kappa shape index (κ2) is 9.36. The molecular weight excluding hydrogens is 398 g/mol. The Morgan fingerprint density at radius 1 is 1.29 bits per heavy atom. The topological polar surface area (TPSA) is 63.5 Å². The van der Waals surface area contributed by atoms with Crippen molar-refractivity contribution in [3.63, 3.8) is 0 Å². The molecule has 0 saturated heterocycles. The predicted molar refractivity (Wildman–Crippen MR) is 116 cm³/mol. The fourth-order valence-electron chi connectivity index (χ4n) is 2.91. The number of thiazole rings is 1. The van der Waals surface area contributed by atoms with Crippen LogP contribution in [-0.4, -0.2) is 59.9 Å². The summed E-state index contributed by atoms with van der Waals surface area (Å²) in [4.78, 5) is 21.8. The standard InChI is InChI=1S/C19H25N5O2S.ClH/c1-13-12-23(4)21-17(13)18(25)24(10-6-9-22(2)3)19-20-15-8-7-14(26-5)11-16(15)27-19;/h7-8,11-12H,6,9-10H2,1-5H3;1H. The molecule has 28 heavy (non-hydrogen) atoms. The van der Waals surface area contributed by atoms with Crippen molar-refractivity contribution < 1.29 is 9.53 Å². The van der Waals surface area contributed by atoms with Gasteiger partial charge in [-0.25, -0.2) is 4.98 Å². The summed E-state index contributed by atoms with van der Waals surface area (Å²) in [5, 5.41) is 5.04. The van der Waals surface area contributed by atoms with Crippen molar-refractivity contribution in [1.29, 1.82) is 0 Å². The summed E-state index contributed by atoms with van der Waals surface area (Å²) in [5.41, 5.74) is 2.20. The number of nitrogens with zero attached hydrogens (tertiary/aromatic N) is 5. The second-order valence-corrected chi connectivity index (χ2v) is 7.79. The van der Waals surface area contributed by atoms with E-state index in [1.54, 1.807) is 16.7 Å². The molecule has 0 radical (unpaired) electrons. The van der Waals surface area contributed by atoms with Crippen LogP contribution in [0.5, 0.6) is 5.75 Å². The summed E-state index contributed by atoms with van der Waals surface area (Å²) in [7, 11) is 7.52. The van der Waals surface area contributed by atoms with E-state index in [9.17, 15) is 4.79 Å². The third-order valence-corrected chi connectivity index (χ3v) is 5.30. The fourth-order valence-corrected chi connectivity index (χ4v) is 3.93. The SMILES string of the molecule is COc1ccc2nc(N(CCCN(C)C)C(=O)c3nn(C)cc3C)sc2c1.Cl. The summed E-state index contributed by atoms with van der Waals surface area (Å²) in [6.07, 6.45) is 2.71. The van der Waals surface area contributed by atoms with Crippen LogP contribution in [-0.2, 0) is 7.05 Å². The Morgan fingerprint density at radius 3 is 2.64 bits per heavy atom. The molecular formula is C19H26ClN5O2S. The molecule has 0 bridgehead atoms. The van der Waals surface area contributed by atoms with Gasteiger partial charge < -0.3 is 9.64 Å². The molecule has 0 atom stereocenters. The number of hydrogen-bond donors (Lipinski definition) is 0. The van der Waals surface area contributed by atoms with Gasteiger partial charge >= 0.3 is 0 Å². The average molecular weight is 424 g/mol. The zero-order valence-electron chi connectivity index (χ0n) is 16.8. The van der Waals surface area contributed by atoms with Gasteiger partial charge in [0.25, 0.3) is 5.91 Å². The van der Waals surface area contributed by atoms with Crippen molar-refractivity contribution in [2.75, 3.05) is 39.2 Å². The van der Waals surface area contributed by atoms with Crippen molar-refractivity contribution in [2.24, 2.45) is 7.05 Å². The number of ether oxygens (including phenoxy) is 1. The minimum Gasteiger partial charge on any atom is -0.497 e. The van der Waals surface area contributed by atoms with E-state index in [0.29, 0.717) is 17.4 Å². The molecule has 0 saturated carbocycles. The molecule has 2 heterocycles. The first-order chi connectivity index (χ1) is 12.9. The lowest BCUT2D eigenvalue weighted by Crippen LogP contribution is -2.34. The molecule has 3 aromatic rings. The van der Waals surface area contributed by atoms with Gasteiger partial charge in [-0.1, -0.05) is 11.3 Å². The van der Waals surface area contributed by atoms with Crippen molar-refractivity contribution in [3.05, 3.63) is 35.7 Å². The van der Waals surface area contributed by atoms with E-state index in [4.69, 9.17) is 4.74 Å². The molecule has 0 unspecified atom stereocenters. The number of aryl methyl sites for hydroxylation is 2. The lowest BCUT2D eigenvalue weighted by molar-refractivity contribution is 0.0980. The maximum atomic E-state index is 13.2. The molecule has 0 spiro atoms. The molecule has 0 aliphatic heterocycles. The van der Waals surface area contributed by atoms with Gasteiger partial charge in [-0.05, 0) is 52.2 Å². The van der Waals surface area contributed by atoms with Crippen LogP contribution in [0.1, 0.15) is 22.5 Å². The van der Waals surface area contributed by atoms with E-state index in [1.807, 2.05) is 52.5 Å². The molecule has 0 N–H and O–H groups in total. The van der Waals surface area contributed by atoms with Crippen LogP contribution in [0.25, 0.3) is 10.2 Å². The fraction of sp³-hybridized carbons (Fsp3) is 0.421. The van der Waals surface area contributed by atoms with E-state index in [1.165, 1.54) is 11.3 Å². The van der Waals surface area contributed by atoms with Crippen LogP contribution < -0.4 is 9.64 Å². The molecule has 2 aromatic heterocycles. The Kier molecular flexibility index (Phi) is 7.40. The number of amides is 1. The second-order valence-electron chi connectivity index (χ2n) is 6.78. The molecule has 3 rings (SSSR count). The van der Waals surface area contributed by atoms with Crippen LogP contribution in [0.4, 0.5) is 5.13 Å². The Bertz CT molecular complexity index is 953. The van der Waals surface area contributed by atoms with Crippen molar-refractivity contribution in [1.82, 2.24) is 19.7 Å². The third kappa shape index (κ3) is 4.81. The third-order valence-electron chi connectivity index (χ3n) is 4.26. The Labute approximate surface area is 175 Å². The van der Waals surface area contributed by atoms with Crippen molar-refractivity contribution in [3.8, 4) is 5.75 Å². The Balaban J connectivity index is 0.00000280. The highest BCUT2D eigenvalue weighted by Crippen LogP contribution is 2.32. The van der Waals surface area contributed by atoms with E-state index < -0.39 is 0 Å². The first kappa shape index (κ1) is 22.1. The number of fused-ring (bicyclic) bond motifs is 1. The van der Waals surface area contributed by atoms with Gasteiger partial charge in [0, 0.05) is 25.4 Å². The predicted octanol–water partition coefficient (Wildman–Crippen LogP) is 3.37. The molecule has 0 aliphatic rings. The summed E-state index contributed by atoms with van der Waals surface area (Å²) < 4.78 is 7.96. The molecule has 0 aliphatic carbocycles. The van der Waals surface area contributed by atoms with Gasteiger partial charge in [-0.15, -0.1) is 12.4 Å². The average Bonchev–Trinajstić information content (AvgIpc) is 3.19. The highest BCUT2D eigenvalue weighted by Gasteiger charge is 2.24. The van der Waals surface area contributed by atoms with Crippen LogP contribution in [0.2, 0.25) is 0 Å². The number of methoxy groups -OCH3 is 1. The summed E-state index contributed by atoms with van der Waals surface area (Å²) in [6.45, 7) is 3.38. The van der Waals surface area contributed by atoms with Gasteiger partial charge in [-0.3, -0.25) is 14.4 Å². The van der Waals surface area contributed by atoms with Crippen LogP contribution >= 0.6 is 23.7 Å². The minimum atomic E-state index is -0.113. The largest absolute Gasteiger partial charge is 0.497 e. The number of anilines is 1. The zero-order chi connectivity index (χ0) is 19.6. The lowest BCUT2D eigenvalue weighted by atomic mass is 10.2. The first-order valence-electron chi connectivity index (χ1n) is 8.80. The van der Waals surface area contributed by atoms with E-state index >= 15 is 0 Å². The zero-order valence-corrected chi connectivity index (χ0v) is 18.4. The van der Waals surface area contributed by atoms with E-state index in [2.05, 4.69) is 15.0 Å². The van der Waals surface area contributed by atoms with Crippen LogP contribution in [0, 0.1) is 6.92 Å². The van der Waals surface area contributed by atoms with Crippen LogP contribution in [0.15, 0.2) is 24.4 Å². The summed E-state index contributed by atoms with van der Waals surface area (Å²) in [5.74, 6) is 0.668. The van der Waals surface area contributed by atoms with Gasteiger partial charge in [0.1, 0.15) is 5.75 Å². The molecule has 7 nitrogen and oxygen atoms in total. The van der Waals surface area contributed by atoms with Gasteiger partial charge in [0.2, 0.25) is 0 Å². The monoisotopic (exact) mass is 423 g/mol. The van der Waals surface area contributed by atoms with Gasteiger partial charge in [0.15, 0.2) is 10.8 Å². The first-order valence-corrected chi connectivity index (χ1v) is 9.62. The Morgan fingerprint density at radius 2 is 2.04 bits per heavy atom. The molecule has 152 valence electrons. The maximum absolute atomic E-state index is 13.2. The molecule has 1 aromatic carbocycles. The quantitative estimate of drug-likeness (QED) is 0.583. The van der Waals surface area contributed by atoms with Crippen molar-refractivity contribution >= 4 is 45.0 Å². The highest BCUT2D eigenvalue weighted by atomic mass is 35.5. The van der Waals surface area contributed by atoms with Gasteiger partial charge in [0.05, 0.1) is 17.3 Å². The number of halogens is 1. The lowest BCUT2D eigenvalue weighted by Gasteiger charge is -2.20. The smallest absolute Gasteiger partial charge is 0.280 e. The number of aromatic nitrogens is 3. The number of hydrogen-bond acceptors (Lipinski definition) is 6. The molecule has 9 heteroatoms. The van der Waals surface area contributed by atoms with Gasteiger partial charge in [-0.2, -0.15) is 5.10 Å². The highest BCUT2D eigenvalue weighted by molar-refractivity contribution is 7.22. The number of benzene rings is 1. The number of rotatable bonds is 7. The van der Waals surface area contributed by atoms with E-state index in [-0.39, 0.29) is 18.3 Å². The Hall–Kier alpha value is -2.16. The molecule has 0 fully saturated rings. The minimum absolute atomic E-state index is 0. The number of carbonyl (C=O) groups is 1. The number of carbonyl (C=O) groups excluding carboxylic acids is 1. The normalized spacial score (nSPS) is 10.9. The van der Waals surface area contributed by atoms with Crippen molar-refractivity contribution in [2.45, 2.75) is 13.3 Å². The summed E-state index contributed by atoms with van der Waals surface area (Å²) in [6, 6.07) is 5.75. The maximum Gasteiger partial charge on any atom is 0.280 e. The van der Waals surface area contributed by atoms with Crippen LogP contribution in [0.3, 0.4) is 0 Å². The van der Waals surface area contributed by atoms with E-state index in [0.717, 1.165) is 34.5 Å². The molecule has 1 amide bonds. The summed E-state index contributed by atoms with van der Waals surface area (Å²) >= 11 is 1.50.